The van der Waals surface area contributed by atoms with Gasteiger partial charge in [-0.25, -0.2) is 0 Å². The highest BCUT2D eigenvalue weighted by Crippen LogP contribution is 2.27. The monoisotopic (exact) mass is 329 g/mol. The second kappa shape index (κ2) is 7.08. The number of nitrogens with one attached hydrogen (secondary N) is 1. The van der Waals surface area contributed by atoms with Crippen LogP contribution in [0.25, 0.3) is 0 Å². The highest BCUT2D eigenvalue weighted by Gasteiger charge is 2.26. The molecule has 0 aliphatic rings. The number of hydrogen-bond acceptors (Lipinski definition) is 2. The standard InChI is InChI=1S/C14H24BrN3O/c1-5-11-8-12(18(4)17-11)13(19)16-10-14(6-2,7-3)9-15/h8H,5-7,9-10H2,1-4H3,(H,16,19). The number of rotatable bonds is 7. The van der Waals surface area contributed by atoms with Gasteiger partial charge in [-0.3, -0.25) is 9.48 Å². The van der Waals surface area contributed by atoms with Crippen molar-refractivity contribution in [3.63, 3.8) is 0 Å². The van der Waals surface area contributed by atoms with E-state index in [9.17, 15) is 4.79 Å². The summed E-state index contributed by atoms with van der Waals surface area (Å²) in [6.07, 6.45) is 2.93. The lowest BCUT2D eigenvalue weighted by molar-refractivity contribution is 0.0923. The van der Waals surface area contributed by atoms with E-state index in [4.69, 9.17) is 0 Å². The molecule has 4 nitrogen and oxygen atoms in total. The van der Waals surface area contributed by atoms with Crippen LogP contribution in [0.5, 0.6) is 0 Å². The summed E-state index contributed by atoms with van der Waals surface area (Å²) < 4.78 is 1.65. The molecule has 1 N–H and O–H groups in total. The third-order valence-electron chi connectivity index (χ3n) is 3.93. The van der Waals surface area contributed by atoms with E-state index >= 15 is 0 Å². The van der Waals surface area contributed by atoms with Gasteiger partial charge in [-0.2, -0.15) is 5.10 Å². The van der Waals surface area contributed by atoms with Gasteiger partial charge >= 0.3 is 0 Å². The van der Waals surface area contributed by atoms with Crippen LogP contribution in [0.15, 0.2) is 6.07 Å². The molecule has 0 bridgehead atoms. The van der Waals surface area contributed by atoms with Gasteiger partial charge in [0.15, 0.2) is 0 Å². The maximum Gasteiger partial charge on any atom is 0.269 e. The van der Waals surface area contributed by atoms with Gasteiger partial charge in [0, 0.05) is 18.9 Å². The molecule has 0 atom stereocenters. The summed E-state index contributed by atoms with van der Waals surface area (Å²) in [5, 5.41) is 8.24. The zero-order valence-corrected chi connectivity index (χ0v) is 13.9. The van der Waals surface area contributed by atoms with Gasteiger partial charge in [0.05, 0.1) is 5.69 Å². The predicted octanol–water partition coefficient (Wildman–Crippen LogP) is 2.91. The predicted molar refractivity (Wildman–Crippen MR) is 81.7 cm³/mol. The van der Waals surface area contributed by atoms with Crippen LogP contribution in [0, 0.1) is 5.41 Å². The molecule has 1 aromatic heterocycles. The van der Waals surface area contributed by atoms with Crippen molar-refractivity contribution in [1.82, 2.24) is 15.1 Å². The van der Waals surface area contributed by atoms with Gasteiger partial charge < -0.3 is 5.32 Å². The Balaban J connectivity index is 2.71. The highest BCUT2D eigenvalue weighted by atomic mass is 79.9. The molecule has 0 aliphatic carbocycles. The lowest BCUT2D eigenvalue weighted by Crippen LogP contribution is -2.38. The van der Waals surface area contributed by atoms with Crippen molar-refractivity contribution in [1.29, 1.82) is 0 Å². The second-order valence-corrected chi connectivity index (χ2v) is 5.58. The maximum atomic E-state index is 12.2. The van der Waals surface area contributed by atoms with Crippen LogP contribution in [0.2, 0.25) is 0 Å². The first-order valence-electron chi connectivity index (χ1n) is 6.89. The van der Waals surface area contributed by atoms with Crippen LogP contribution in [-0.2, 0) is 13.5 Å². The molecular weight excluding hydrogens is 306 g/mol. The number of carbonyl (C=O) groups excluding carboxylic acids is 1. The number of halogens is 1. The molecule has 1 aromatic rings. The summed E-state index contributed by atoms with van der Waals surface area (Å²) in [6, 6.07) is 1.86. The molecule has 1 heterocycles. The zero-order chi connectivity index (χ0) is 14.5. The van der Waals surface area contributed by atoms with E-state index in [-0.39, 0.29) is 11.3 Å². The van der Waals surface area contributed by atoms with E-state index in [1.54, 1.807) is 4.68 Å². The van der Waals surface area contributed by atoms with E-state index in [1.807, 2.05) is 20.0 Å². The minimum absolute atomic E-state index is 0.0399. The minimum Gasteiger partial charge on any atom is -0.350 e. The van der Waals surface area contributed by atoms with Gasteiger partial charge in [-0.1, -0.05) is 36.7 Å². The summed E-state index contributed by atoms with van der Waals surface area (Å²) >= 11 is 3.56. The minimum atomic E-state index is -0.0399. The molecule has 0 spiro atoms. The summed E-state index contributed by atoms with van der Waals surface area (Å²) in [4.78, 5) is 12.2. The Bertz CT molecular complexity index is 416. The Labute approximate surface area is 124 Å². The number of aromatic nitrogens is 2. The number of hydrogen-bond donors (Lipinski definition) is 1. The third-order valence-corrected chi connectivity index (χ3v) is 5.12. The van der Waals surface area contributed by atoms with Gasteiger partial charge in [0.1, 0.15) is 5.69 Å². The number of alkyl halides is 1. The Hall–Kier alpha value is -0.840. The summed E-state index contributed by atoms with van der Waals surface area (Å²) in [5.74, 6) is -0.0399. The normalized spacial score (nSPS) is 11.6. The van der Waals surface area contributed by atoms with Crippen LogP contribution >= 0.6 is 15.9 Å². The highest BCUT2D eigenvalue weighted by molar-refractivity contribution is 9.09. The molecule has 0 radical (unpaired) electrons. The summed E-state index contributed by atoms with van der Waals surface area (Å²) in [5.41, 5.74) is 1.72. The van der Waals surface area contributed by atoms with E-state index in [2.05, 4.69) is 40.2 Å². The second-order valence-electron chi connectivity index (χ2n) is 5.02. The van der Waals surface area contributed by atoms with Gasteiger partial charge in [0.2, 0.25) is 0 Å². The number of carbonyl (C=O) groups is 1. The quantitative estimate of drug-likeness (QED) is 0.782. The number of amides is 1. The zero-order valence-electron chi connectivity index (χ0n) is 12.3. The van der Waals surface area contributed by atoms with Gasteiger partial charge in [-0.15, -0.1) is 0 Å². The van der Waals surface area contributed by atoms with Crippen LogP contribution in [0.3, 0.4) is 0 Å². The SMILES string of the molecule is CCc1cc(C(=O)NCC(CC)(CC)CBr)n(C)n1. The molecule has 0 saturated heterocycles. The van der Waals surface area contributed by atoms with Crippen molar-refractivity contribution >= 4 is 21.8 Å². The fourth-order valence-electron chi connectivity index (χ4n) is 2.01. The van der Waals surface area contributed by atoms with Crippen LogP contribution in [0.1, 0.15) is 49.8 Å². The van der Waals surface area contributed by atoms with Gasteiger partial charge in [0.25, 0.3) is 5.91 Å². The van der Waals surface area contributed by atoms with E-state index in [0.29, 0.717) is 12.2 Å². The topological polar surface area (TPSA) is 46.9 Å². The van der Waals surface area contributed by atoms with Crippen molar-refractivity contribution in [2.24, 2.45) is 12.5 Å². The van der Waals surface area contributed by atoms with Crippen LogP contribution in [-0.4, -0.2) is 27.6 Å². The first kappa shape index (κ1) is 16.2. The molecule has 0 saturated carbocycles. The molecule has 1 amide bonds. The fraction of sp³-hybridized carbons (Fsp3) is 0.714. The summed E-state index contributed by atoms with van der Waals surface area (Å²) in [6.45, 7) is 7.05. The fourth-order valence-corrected chi connectivity index (χ4v) is 3.00. The van der Waals surface area contributed by atoms with E-state index in [1.165, 1.54) is 0 Å². The lowest BCUT2D eigenvalue weighted by atomic mass is 9.84. The van der Waals surface area contributed by atoms with Crippen molar-refractivity contribution in [2.75, 3.05) is 11.9 Å². The Morgan fingerprint density at radius 1 is 1.42 bits per heavy atom. The van der Waals surface area contributed by atoms with Crippen LogP contribution in [0.4, 0.5) is 0 Å². The Kier molecular flexibility index (Phi) is 6.04. The molecule has 0 aromatic carbocycles. The Morgan fingerprint density at radius 3 is 2.47 bits per heavy atom. The Morgan fingerprint density at radius 2 is 2.05 bits per heavy atom. The molecule has 5 heteroatoms. The molecular formula is C14H24BrN3O. The first-order valence-corrected chi connectivity index (χ1v) is 8.01. The van der Waals surface area contributed by atoms with Crippen LogP contribution < -0.4 is 5.32 Å². The molecule has 1 rings (SSSR count). The average molecular weight is 330 g/mol. The number of aryl methyl sites for hydroxylation is 2. The molecule has 0 fully saturated rings. The first-order chi connectivity index (χ1) is 9.01. The van der Waals surface area contributed by atoms with Gasteiger partial charge in [-0.05, 0) is 30.7 Å². The summed E-state index contributed by atoms with van der Waals surface area (Å²) in [7, 11) is 1.81. The smallest absolute Gasteiger partial charge is 0.269 e. The van der Waals surface area contributed by atoms with Crippen molar-refractivity contribution < 1.29 is 4.79 Å². The average Bonchev–Trinajstić information content (AvgIpc) is 2.82. The number of nitrogens with zero attached hydrogens (tertiary/aromatic N) is 2. The van der Waals surface area contributed by atoms with Crippen molar-refractivity contribution in [2.45, 2.75) is 40.0 Å². The molecule has 0 aliphatic heterocycles. The van der Waals surface area contributed by atoms with Crippen molar-refractivity contribution in [3.8, 4) is 0 Å². The lowest BCUT2D eigenvalue weighted by Gasteiger charge is -2.29. The maximum absolute atomic E-state index is 12.2. The van der Waals surface area contributed by atoms with Crippen molar-refractivity contribution in [3.05, 3.63) is 17.5 Å². The van der Waals surface area contributed by atoms with E-state index < -0.39 is 0 Å². The largest absolute Gasteiger partial charge is 0.350 e. The van der Waals surface area contributed by atoms with E-state index in [0.717, 1.165) is 30.3 Å². The molecule has 19 heavy (non-hydrogen) atoms. The third kappa shape index (κ3) is 3.81. The molecule has 0 unspecified atom stereocenters. The molecule has 108 valence electrons.